The fourth-order valence-corrected chi connectivity index (χ4v) is 3.32. The molecule has 0 aliphatic carbocycles. The molecule has 0 fully saturated rings. The van der Waals surface area contributed by atoms with Crippen molar-refractivity contribution < 1.29 is 14.3 Å². The number of nitrogens with one attached hydrogen (secondary N) is 1. The number of halogens is 3. The van der Waals surface area contributed by atoms with Gasteiger partial charge in [0.25, 0.3) is 5.91 Å². The van der Waals surface area contributed by atoms with Gasteiger partial charge in [-0.25, -0.2) is 0 Å². The zero-order valence-corrected chi connectivity index (χ0v) is 20.4. The van der Waals surface area contributed by atoms with Crippen LogP contribution in [0.1, 0.15) is 31.9 Å². The van der Waals surface area contributed by atoms with Crippen LogP contribution in [0.3, 0.4) is 0 Å². The predicted octanol–water partition coefficient (Wildman–Crippen LogP) is 5.39. The van der Waals surface area contributed by atoms with Crippen molar-refractivity contribution in [2.75, 3.05) is 6.61 Å². The molecule has 0 aliphatic heterocycles. The number of carbonyl (C=O) groups is 2. The van der Waals surface area contributed by atoms with Crippen molar-refractivity contribution in [1.82, 2.24) is 10.2 Å². The zero-order chi connectivity index (χ0) is 22.4. The lowest BCUT2D eigenvalue weighted by Gasteiger charge is -2.29. The van der Waals surface area contributed by atoms with Crippen LogP contribution < -0.4 is 10.1 Å². The standard InChI is InChI=1S/C22H25BrCl2N2O3/c1-13(2)26-22(29)15(4)27(11-16-5-8-19(24)20(25)10-16)21(28)12-30-17-6-7-18(23)14(3)9-17/h5-10,13,15H,11-12H2,1-4H3,(H,26,29). The van der Waals surface area contributed by atoms with Crippen LogP contribution in [0.2, 0.25) is 10.0 Å². The van der Waals surface area contributed by atoms with E-state index in [2.05, 4.69) is 21.2 Å². The highest BCUT2D eigenvalue weighted by atomic mass is 79.9. The van der Waals surface area contributed by atoms with E-state index < -0.39 is 6.04 Å². The fraction of sp³-hybridized carbons (Fsp3) is 0.364. The summed E-state index contributed by atoms with van der Waals surface area (Å²) in [7, 11) is 0. The molecule has 2 rings (SSSR count). The maximum Gasteiger partial charge on any atom is 0.261 e. The molecule has 1 N–H and O–H groups in total. The largest absolute Gasteiger partial charge is 0.484 e. The molecule has 0 heterocycles. The van der Waals surface area contributed by atoms with Crippen LogP contribution in [0.5, 0.6) is 5.75 Å². The Labute approximate surface area is 195 Å². The highest BCUT2D eigenvalue weighted by Crippen LogP contribution is 2.24. The molecule has 0 aliphatic rings. The Bertz CT molecular complexity index is 921. The summed E-state index contributed by atoms with van der Waals surface area (Å²) >= 11 is 15.5. The molecule has 0 saturated heterocycles. The Hall–Kier alpha value is -1.76. The number of hydrogen-bond donors (Lipinski definition) is 1. The number of carbonyl (C=O) groups excluding carboxylic acids is 2. The third-order valence-electron chi connectivity index (χ3n) is 4.43. The number of hydrogen-bond acceptors (Lipinski definition) is 3. The van der Waals surface area contributed by atoms with Crippen LogP contribution in [0.15, 0.2) is 40.9 Å². The molecule has 2 aromatic carbocycles. The zero-order valence-electron chi connectivity index (χ0n) is 17.3. The van der Waals surface area contributed by atoms with Gasteiger partial charge < -0.3 is 15.0 Å². The van der Waals surface area contributed by atoms with E-state index in [0.717, 1.165) is 15.6 Å². The van der Waals surface area contributed by atoms with E-state index in [1.54, 1.807) is 31.2 Å². The Morgan fingerprint density at radius 3 is 2.40 bits per heavy atom. The van der Waals surface area contributed by atoms with Crippen molar-refractivity contribution in [3.63, 3.8) is 0 Å². The summed E-state index contributed by atoms with van der Waals surface area (Å²) in [6.45, 7) is 7.38. The molecule has 1 unspecified atom stereocenters. The van der Waals surface area contributed by atoms with Crippen LogP contribution in [0, 0.1) is 6.92 Å². The molecule has 0 radical (unpaired) electrons. The molecular formula is C22H25BrCl2N2O3. The number of amides is 2. The second kappa shape index (κ2) is 11.0. The van der Waals surface area contributed by atoms with Crippen LogP contribution in [-0.2, 0) is 16.1 Å². The maximum atomic E-state index is 13.0. The Morgan fingerprint density at radius 2 is 1.80 bits per heavy atom. The summed E-state index contributed by atoms with van der Waals surface area (Å²) in [4.78, 5) is 27.1. The van der Waals surface area contributed by atoms with Gasteiger partial charge in [0, 0.05) is 17.1 Å². The van der Waals surface area contributed by atoms with Gasteiger partial charge in [-0.05, 0) is 69.2 Å². The normalized spacial score (nSPS) is 11.9. The second-order valence-electron chi connectivity index (χ2n) is 7.31. The number of ether oxygens (including phenoxy) is 1. The number of benzene rings is 2. The van der Waals surface area contributed by atoms with Crippen molar-refractivity contribution in [2.45, 2.75) is 46.3 Å². The lowest BCUT2D eigenvalue weighted by atomic mass is 10.1. The van der Waals surface area contributed by atoms with Crippen molar-refractivity contribution in [1.29, 1.82) is 0 Å². The fourth-order valence-electron chi connectivity index (χ4n) is 2.76. The van der Waals surface area contributed by atoms with E-state index in [1.165, 1.54) is 4.90 Å². The molecule has 162 valence electrons. The molecule has 8 heteroatoms. The summed E-state index contributed by atoms with van der Waals surface area (Å²) in [6.07, 6.45) is 0. The minimum Gasteiger partial charge on any atom is -0.484 e. The smallest absolute Gasteiger partial charge is 0.261 e. The first-order chi connectivity index (χ1) is 14.1. The van der Waals surface area contributed by atoms with E-state index in [0.29, 0.717) is 15.8 Å². The van der Waals surface area contributed by atoms with Crippen LogP contribution in [-0.4, -0.2) is 35.4 Å². The first kappa shape index (κ1) is 24.5. The van der Waals surface area contributed by atoms with Crippen molar-refractivity contribution in [3.8, 4) is 5.75 Å². The minimum atomic E-state index is -0.690. The SMILES string of the molecule is Cc1cc(OCC(=O)N(Cc2ccc(Cl)c(Cl)c2)C(C)C(=O)NC(C)C)ccc1Br. The summed E-state index contributed by atoms with van der Waals surface area (Å²) in [5, 5.41) is 3.67. The summed E-state index contributed by atoms with van der Waals surface area (Å²) in [6, 6.07) is 9.89. The van der Waals surface area contributed by atoms with Gasteiger partial charge in [0.1, 0.15) is 11.8 Å². The van der Waals surface area contributed by atoms with Gasteiger partial charge in [-0.2, -0.15) is 0 Å². The monoisotopic (exact) mass is 514 g/mol. The van der Waals surface area contributed by atoms with Gasteiger partial charge in [0.05, 0.1) is 10.0 Å². The Kier molecular flexibility index (Phi) is 9.01. The van der Waals surface area contributed by atoms with Crippen LogP contribution in [0.25, 0.3) is 0 Å². The van der Waals surface area contributed by atoms with Gasteiger partial charge >= 0.3 is 0 Å². The summed E-state index contributed by atoms with van der Waals surface area (Å²) in [5.41, 5.74) is 1.76. The molecule has 5 nitrogen and oxygen atoms in total. The van der Waals surface area contributed by atoms with Gasteiger partial charge in [-0.15, -0.1) is 0 Å². The van der Waals surface area contributed by atoms with Gasteiger partial charge in [0.2, 0.25) is 5.91 Å². The van der Waals surface area contributed by atoms with Crippen LogP contribution in [0.4, 0.5) is 0 Å². The third-order valence-corrected chi connectivity index (χ3v) is 6.06. The molecule has 2 amide bonds. The first-order valence-corrected chi connectivity index (χ1v) is 11.1. The molecular weight excluding hydrogens is 491 g/mol. The highest BCUT2D eigenvalue weighted by molar-refractivity contribution is 9.10. The molecule has 0 spiro atoms. The van der Waals surface area contributed by atoms with Crippen molar-refractivity contribution in [3.05, 3.63) is 62.0 Å². The molecule has 0 saturated carbocycles. The summed E-state index contributed by atoms with van der Waals surface area (Å²) < 4.78 is 6.64. The first-order valence-electron chi connectivity index (χ1n) is 9.51. The lowest BCUT2D eigenvalue weighted by molar-refractivity contribution is -0.142. The second-order valence-corrected chi connectivity index (χ2v) is 8.98. The Balaban J connectivity index is 2.19. The van der Waals surface area contributed by atoms with Crippen molar-refractivity contribution >= 4 is 50.9 Å². The van der Waals surface area contributed by atoms with E-state index in [4.69, 9.17) is 27.9 Å². The quantitative estimate of drug-likeness (QED) is 0.513. The third kappa shape index (κ3) is 6.89. The highest BCUT2D eigenvalue weighted by Gasteiger charge is 2.27. The van der Waals surface area contributed by atoms with E-state index in [1.807, 2.05) is 32.9 Å². The van der Waals surface area contributed by atoms with Gasteiger partial charge in [-0.1, -0.05) is 45.2 Å². The molecule has 2 aromatic rings. The van der Waals surface area contributed by atoms with E-state index in [-0.39, 0.29) is 31.0 Å². The predicted molar refractivity (Wildman–Crippen MR) is 124 cm³/mol. The maximum absolute atomic E-state index is 13.0. The molecule has 0 bridgehead atoms. The van der Waals surface area contributed by atoms with E-state index in [9.17, 15) is 9.59 Å². The van der Waals surface area contributed by atoms with Crippen molar-refractivity contribution in [2.24, 2.45) is 0 Å². The van der Waals surface area contributed by atoms with Gasteiger partial charge in [0.15, 0.2) is 6.61 Å². The molecule has 0 aromatic heterocycles. The van der Waals surface area contributed by atoms with Crippen LogP contribution >= 0.6 is 39.1 Å². The number of aryl methyl sites for hydroxylation is 1. The summed E-state index contributed by atoms with van der Waals surface area (Å²) in [5.74, 6) is 0.0313. The Morgan fingerprint density at radius 1 is 1.10 bits per heavy atom. The van der Waals surface area contributed by atoms with Gasteiger partial charge in [-0.3, -0.25) is 9.59 Å². The lowest BCUT2D eigenvalue weighted by Crippen LogP contribution is -2.50. The average Bonchev–Trinajstić information content (AvgIpc) is 2.68. The number of rotatable bonds is 8. The number of nitrogens with zero attached hydrogens (tertiary/aromatic N) is 1. The molecule has 1 atom stereocenters. The minimum absolute atomic E-state index is 0.0381. The molecule has 30 heavy (non-hydrogen) atoms. The van der Waals surface area contributed by atoms with E-state index >= 15 is 0 Å². The topological polar surface area (TPSA) is 58.6 Å². The average molecular weight is 516 g/mol.